The Kier molecular flexibility index (Phi) is 2.78. The third-order valence-corrected chi connectivity index (χ3v) is 3.02. The monoisotopic (exact) mass is 275 g/mol. The number of nitrogens with two attached hydrogens (primary N) is 1. The first-order valence-corrected chi connectivity index (χ1v) is 5.87. The topological polar surface area (TPSA) is 63.9 Å². The molecule has 0 aliphatic heterocycles. The van der Waals surface area contributed by atoms with Crippen molar-refractivity contribution in [3.8, 4) is 17.1 Å². The highest BCUT2D eigenvalue weighted by atomic mass is 19.1. The van der Waals surface area contributed by atoms with Crippen molar-refractivity contribution in [3.05, 3.63) is 42.0 Å². The Bertz CT molecular complexity index is 798. The number of H-pyrrole nitrogens is 1. The summed E-state index contributed by atoms with van der Waals surface area (Å²) in [5.74, 6) is -0.421. The first-order valence-electron chi connectivity index (χ1n) is 5.87. The maximum Gasteiger partial charge on any atom is 0.153 e. The van der Waals surface area contributed by atoms with Crippen molar-refractivity contribution in [2.75, 3.05) is 12.8 Å². The Morgan fingerprint density at radius 1 is 1.20 bits per heavy atom. The number of hydrogen-bond acceptors (Lipinski definition) is 3. The summed E-state index contributed by atoms with van der Waals surface area (Å²) in [5, 5.41) is 0. The normalized spacial score (nSPS) is 10.9. The van der Waals surface area contributed by atoms with Crippen LogP contribution in [0.5, 0.6) is 5.75 Å². The van der Waals surface area contributed by atoms with E-state index in [1.165, 1.54) is 13.2 Å². The van der Waals surface area contributed by atoms with Crippen LogP contribution in [-0.2, 0) is 0 Å². The molecule has 102 valence electrons. The minimum Gasteiger partial charge on any atom is -0.497 e. The lowest BCUT2D eigenvalue weighted by Gasteiger charge is -2.05. The van der Waals surface area contributed by atoms with Crippen LogP contribution in [0.4, 0.5) is 14.5 Å². The predicted octanol–water partition coefficient (Wildman–Crippen LogP) is 3.10. The molecule has 3 N–H and O–H groups in total. The largest absolute Gasteiger partial charge is 0.497 e. The van der Waals surface area contributed by atoms with E-state index >= 15 is 0 Å². The average Bonchev–Trinajstić information content (AvgIpc) is 2.83. The van der Waals surface area contributed by atoms with Gasteiger partial charge in [-0.05, 0) is 24.3 Å². The van der Waals surface area contributed by atoms with Crippen molar-refractivity contribution >= 4 is 16.7 Å². The number of nitrogens with one attached hydrogen (secondary N) is 1. The standard InChI is InChI=1S/C14H11F2N3O/c1-20-8-2-3-11(17)9(6-8)14-18-12-5-7(15)4-10(16)13(12)19-14/h2-6H,17H2,1H3,(H,18,19). The molecule has 6 heteroatoms. The Morgan fingerprint density at radius 3 is 2.75 bits per heavy atom. The zero-order valence-electron chi connectivity index (χ0n) is 10.6. The van der Waals surface area contributed by atoms with Crippen molar-refractivity contribution < 1.29 is 13.5 Å². The van der Waals surface area contributed by atoms with Gasteiger partial charge in [-0.25, -0.2) is 13.8 Å². The number of methoxy groups -OCH3 is 1. The van der Waals surface area contributed by atoms with E-state index in [0.717, 1.165) is 6.07 Å². The molecule has 0 fully saturated rings. The molecule has 4 nitrogen and oxygen atoms in total. The van der Waals surface area contributed by atoms with E-state index in [1.54, 1.807) is 18.2 Å². The maximum absolute atomic E-state index is 13.6. The molecule has 0 saturated carbocycles. The number of aromatic nitrogens is 2. The van der Waals surface area contributed by atoms with Gasteiger partial charge < -0.3 is 15.5 Å². The molecule has 0 aliphatic carbocycles. The van der Waals surface area contributed by atoms with Crippen LogP contribution < -0.4 is 10.5 Å². The van der Waals surface area contributed by atoms with Crippen LogP contribution in [0.2, 0.25) is 0 Å². The van der Waals surface area contributed by atoms with Gasteiger partial charge in [0.1, 0.15) is 22.9 Å². The molecule has 0 bridgehead atoms. The number of ether oxygens (including phenoxy) is 1. The molecule has 0 amide bonds. The van der Waals surface area contributed by atoms with Gasteiger partial charge in [-0.2, -0.15) is 0 Å². The van der Waals surface area contributed by atoms with E-state index < -0.39 is 11.6 Å². The van der Waals surface area contributed by atoms with Gasteiger partial charge >= 0.3 is 0 Å². The van der Waals surface area contributed by atoms with E-state index in [4.69, 9.17) is 10.5 Å². The summed E-state index contributed by atoms with van der Waals surface area (Å²) < 4.78 is 31.9. The fourth-order valence-corrected chi connectivity index (χ4v) is 2.04. The van der Waals surface area contributed by atoms with Crippen molar-refractivity contribution in [2.45, 2.75) is 0 Å². The number of rotatable bonds is 2. The van der Waals surface area contributed by atoms with Crippen molar-refractivity contribution in [1.29, 1.82) is 0 Å². The third kappa shape index (κ3) is 1.95. The number of imidazole rings is 1. The Hall–Kier alpha value is -2.63. The van der Waals surface area contributed by atoms with Gasteiger partial charge in [-0.3, -0.25) is 0 Å². The zero-order chi connectivity index (χ0) is 14.3. The maximum atomic E-state index is 13.6. The molecular weight excluding hydrogens is 264 g/mol. The van der Waals surface area contributed by atoms with E-state index in [0.29, 0.717) is 22.8 Å². The second-order valence-electron chi connectivity index (χ2n) is 4.32. The highest BCUT2D eigenvalue weighted by Gasteiger charge is 2.13. The lowest BCUT2D eigenvalue weighted by molar-refractivity contribution is 0.415. The van der Waals surface area contributed by atoms with Crippen molar-refractivity contribution in [2.24, 2.45) is 0 Å². The lowest BCUT2D eigenvalue weighted by Crippen LogP contribution is -1.93. The number of nitrogen functional groups attached to an aromatic ring is 1. The lowest BCUT2D eigenvalue weighted by atomic mass is 10.1. The molecule has 20 heavy (non-hydrogen) atoms. The smallest absolute Gasteiger partial charge is 0.153 e. The quantitative estimate of drug-likeness (QED) is 0.706. The summed E-state index contributed by atoms with van der Waals surface area (Å²) in [6.45, 7) is 0. The molecule has 0 aliphatic rings. The fraction of sp³-hybridized carbons (Fsp3) is 0.0714. The molecule has 0 unspecified atom stereocenters. The molecule has 3 aromatic rings. The highest BCUT2D eigenvalue weighted by molar-refractivity contribution is 5.83. The van der Waals surface area contributed by atoms with Crippen LogP contribution in [0.15, 0.2) is 30.3 Å². The number of nitrogens with zero attached hydrogens (tertiary/aromatic N) is 1. The summed E-state index contributed by atoms with van der Waals surface area (Å²) in [6, 6.07) is 7.04. The van der Waals surface area contributed by atoms with Crippen LogP contribution >= 0.6 is 0 Å². The van der Waals surface area contributed by atoms with Crippen LogP contribution in [0.3, 0.4) is 0 Å². The van der Waals surface area contributed by atoms with Gasteiger partial charge in [0.2, 0.25) is 0 Å². The minimum absolute atomic E-state index is 0.0728. The van der Waals surface area contributed by atoms with E-state index in [-0.39, 0.29) is 11.0 Å². The number of aromatic amines is 1. The molecule has 2 aromatic carbocycles. The molecule has 1 heterocycles. The molecule has 0 spiro atoms. The van der Waals surface area contributed by atoms with Gasteiger partial charge in [-0.1, -0.05) is 0 Å². The summed E-state index contributed by atoms with van der Waals surface area (Å²) in [7, 11) is 1.53. The predicted molar refractivity (Wildman–Crippen MR) is 72.4 cm³/mol. The van der Waals surface area contributed by atoms with Crippen molar-refractivity contribution in [3.63, 3.8) is 0 Å². The summed E-state index contributed by atoms with van der Waals surface area (Å²) >= 11 is 0. The molecule has 0 atom stereocenters. The van der Waals surface area contributed by atoms with Crippen LogP contribution in [-0.4, -0.2) is 17.1 Å². The number of benzene rings is 2. The van der Waals surface area contributed by atoms with Crippen molar-refractivity contribution in [1.82, 2.24) is 9.97 Å². The second kappa shape index (κ2) is 4.48. The summed E-state index contributed by atoms with van der Waals surface area (Å²) in [6.07, 6.45) is 0. The molecule has 0 radical (unpaired) electrons. The Morgan fingerprint density at radius 2 is 2.00 bits per heavy atom. The van der Waals surface area contributed by atoms with Gasteiger partial charge in [0.25, 0.3) is 0 Å². The molecular formula is C14H11F2N3O. The molecule has 0 saturated heterocycles. The van der Waals surface area contributed by atoms with Gasteiger partial charge in [0.15, 0.2) is 5.82 Å². The summed E-state index contributed by atoms with van der Waals surface area (Å²) in [4.78, 5) is 6.99. The Balaban J connectivity index is 2.22. The molecule has 1 aromatic heterocycles. The van der Waals surface area contributed by atoms with Crippen LogP contribution in [0.1, 0.15) is 0 Å². The van der Waals surface area contributed by atoms with Gasteiger partial charge in [-0.15, -0.1) is 0 Å². The number of fused-ring (bicyclic) bond motifs is 1. The first kappa shape index (κ1) is 12.4. The summed E-state index contributed by atoms with van der Waals surface area (Å²) in [5.41, 5.74) is 7.27. The van der Waals surface area contributed by atoms with Gasteiger partial charge in [0.05, 0.1) is 12.6 Å². The minimum atomic E-state index is -0.719. The van der Waals surface area contributed by atoms with Gasteiger partial charge in [0, 0.05) is 17.3 Å². The first-order chi connectivity index (χ1) is 9.58. The second-order valence-corrected chi connectivity index (χ2v) is 4.32. The SMILES string of the molecule is COc1ccc(N)c(-c2nc3c(F)cc(F)cc3[nH]2)c1. The zero-order valence-corrected chi connectivity index (χ0v) is 10.6. The third-order valence-electron chi connectivity index (χ3n) is 3.02. The Labute approximate surface area is 113 Å². The number of hydrogen-bond donors (Lipinski definition) is 2. The van der Waals surface area contributed by atoms with E-state index in [9.17, 15) is 8.78 Å². The average molecular weight is 275 g/mol. The van der Waals surface area contributed by atoms with E-state index in [2.05, 4.69) is 9.97 Å². The highest BCUT2D eigenvalue weighted by Crippen LogP contribution is 2.30. The fourth-order valence-electron chi connectivity index (χ4n) is 2.04. The molecule has 3 rings (SSSR count). The van der Waals surface area contributed by atoms with Crippen LogP contribution in [0.25, 0.3) is 22.4 Å². The van der Waals surface area contributed by atoms with Crippen LogP contribution in [0, 0.1) is 11.6 Å². The van der Waals surface area contributed by atoms with E-state index in [1.807, 2.05) is 0 Å². The number of anilines is 1. The number of halogens is 2.